The van der Waals surface area contributed by atoms with Gasteiger partial charge < -0.3 is 19.1 Å². The van der Waals surface area contributed by atoms with Crippen molar-refractivity contribution in [3.05, 3.63) is 40.3 Å². The maximum Gasteiger partial charge on any atom is 0.244 e. The Bertz CT molecular complexity index is 1090. The molecule has 0 aliphatic carbocycles. The van der Waals surface area contributed by atoms with Crippen LogP contribution in [0.5, 0.6) is 5.75 Å². The topological polar surface area (TPSA) is 89.5 Å². The summed E-state index contributed by atoms with van der Waals surface area (Å²) in [4.78, 5) is 21.1. The van der Waals surface area contributed by atoms with Crippen molar-refractivity contribution in [2.24, 2.45) is 0 Å². The molecule has 3 heterocycles. The van der Waals surface area contributed by atoms with Gasteiger partial charge in [-0.2, -0.15) is 10.1 Å². The zero-order chi connectivity index (χ0) is 22.1. The molecule has 1 aliphatic rings. The normalized spacial score (nSPS) is 16.6. The molecule has 0 spiro atoms. The molecule has 1 aromatic carbocycles. The number of benzene rings is 1. The highest BCUT2D eigenvalue weighted by Gasteiger charge is 2.29. The zero-order valence-corrected chi connectivity index (χ0v) is 18.9. The summed E-state index contributed by atoms with van der Waals surface area (Å²) in [6.07, 6.45) is 1.21. The molecule has 2 aromatic heterocycles. The molecule has 164 valence electrons. The van der Waals surface area contributed by atoms with E-state index in [1.54, 1.807) is 11.8 Å². The van der Waals surface area contributed by atoms with Crippen LogP contribution < -0.4 is 9.64 Å². The van der Waals surface area contributed by atoms with Crippen LogP contribution in [0.3, 0.4) is 0 Å². The SMILES string of the molecule is COc1cc(N2CCN(C(=O)Cn3nc(-c4ncon4)c(Cl)c3C)C(C)C2)ccc1Cl. The minimum atomic E-state index is -0.0252. The van der Waals surface area contributed by atoms with Crippen LogP contribution in [0.25, 0.3) is 11.5 Å². The lowest BCUT2D eigenvalue weighted by Gasteiger charge is -2.41. The number of hydrogen-bond acceptors (Lipinski definition) is 7. The van der Waals surface area contributed by atoms with E-state index in [4.69, 9.17) is 32.5 Å². The monoisotopic (exact) mass is 464 g/mol. The number of amides is 1. The van der Waals surface area contributed by atoms with E-state index < -0.39 is 0 Å². The minimum absolute atomic E-state index is 0.0194. The Labute approximate surface area is 189 Å². The molecule has 1 saturated heterocycles. The van der Waals surface area contributed by atoms with Gasteiger partial charge in [-0.05, 0) is 26.0 Å². The zero-order valence-electron chi connectivity index (χ0n) is 17.4. The highest BCUT2D eigenvalue weighted by Crippen LogP contribution is 2.31. The first-order valence-electron chi connectivity index (χ1n) is 9.76. The number of anilines is 1. The number of ether oxygens (including phenoxy) is 1. The van der Waals surface area contributed by atoms with E-state index in [-0.39, 0.29) is 18.5 Å². The van der Waals surface area contributed by atoms with Crippen molar-refractivity contribution in [1.29, 1.82) is 0 Å². The standard InChI is InChI=1S/C20H22Cl2N6O3/c1-12-9-26(14-4-5-15(21)16(8-14)30-3)6-7-27(12)17(29)10-28-13(2)18(22)19(24-28)20-23-11-31-25-20/h4-5,8,11-12H,6-7,9-10H2,1-3H3. The molecule has 0 N–H and O–H groups in total. The van der Waals surface area contributed by atoms with Crippen LogP contribution in [-0.2, 0) is 11.3 Å². The average Bonchev–Trinajstić information content (AvgIpc) is 3.38. The van der Waals surface area contributed by atoms with Gasteiger partial charge in [0.05, 0.1) is 22.8 Å². The number of carbonyl (C=O) groups excluding carboxylic acids is 1. The number of rotatable bonds is 5. The first-order valence-corrected chi connectivity index (χ1v) is 10.5. The third-order valence-electron chi connectivity index (χ3n) is 5.44. The summed E-state index contributed by atoms with van der Waals surface area (Å²) < 4.78 is 11.7. The summed E-state index contributed by atoms with van der Waals surface area (Å²) in [6.45, 7) is 5.92. The van der Waals surface area contributed by atoms with Crippen molar-refractivity contribution >= 4 is 34.8 Å². The number of carbonyl (C=O) groups is 1. The largest absolute Gasteiger partial charge is 0.495 e. The Morgan fingerprint density at radius 2 is 2.13 bits per heavy atom. The molecule has 3 aromatic rings. The van der Waals surface area contributed by atoms with Crippen LogP contribution in [0.15, 0.2) is 29.1 Å². The maximum atomic E-state index is 13.0. The van der Waals surface area contributed by atoms with Gasteiger partial charge in [0.25, 0.3) is 0 Å². The van der Waals surface area contributed by atoms with Gasteiger partial charge in [-0.25, -0.2) is 0 Å². The van der Waals surface area contributed by atoms with Crippen molar-refractivity contribution in [3.63, 3.8) is 0 Å². The fourth-order valence-corrected chi connectivity index (χ4v) is 4.14. The Kier molecular flexibility index (Phi) is 6.06. The third-order valence-corrected chi connectivity index (χ3v) is 6.20. The minimum Gasteiger partial charge on any atom is -0.495 e. The van der Waals surface area contributed by atoms with Crippen molar-refractivity contribution in [1.82, 2.24) is 24.8 Å². The van der Waals surface area contributed by atoms with Crippen LogP contribution in [0.2, 0.25) is 10.0 Å². The molecule has 1 atom stereocenters. The van der Waals surface area contributed by atoms with E-state index in [1.807, 2.05) is 36.9 Å². The van der Waals surface area contributed by atoms with Crippen LogP contribution in [0.4, 0.5) is 5.69 Å². The van der Waals surface area contributed by atoms with Crippen LogP contribution >= 0.6 is 23.2 Å². The second-order valence-electron chi connectivity index (χ2n) is 7.36. The Hall–Kier alpha value is -2.78. The van der Waals surface area contributed by atoms with Crippen molar-refractivity contribution in [2.75, 3.05) is 31.6 Å². The summed E-state index contributed by atoms with van der Waals surface area (Å²) in [5.74, 6) is 0.899. The molecule has 1 unspecified atom stereocenters. The summed E-state index contributed by atoms with van der Waals surface area (Å²) in [5, 5.41) is 9.17. The first kappa shape index (κ1) is 21.5. The molecule has 31 heavy (non-hydrogen) atoms. The summed E-state index contributed by atoms with van der Waals surface area (Å²) in [5.41, 5.74) is 2.09. The van der Waals surface area contributed by atoms with Gasteiger partial charge in [-0.15, -0.1) is 0 Å². The number of methoxy groups -OCH3 is 1. The van der Waals surface area contributed by atoms with Crippen LogP contribution in [0.1, 0.15) is 12.6 Å². The molecule has 4 rings (SSSR count). The summed E-state index contributed by atoms with van der Waals surface area (Å²) >= 11 is 12.5. The molecular weight excluding hydrogens is 443 g/mol. The van der Waals surface area contributed by atoms with E-state index in [0.29, 0.717) is 52.6 Å². The summed E-state index contributed by atoms with van der Waals surface area (Å²) in [6, 6.07) is 5.72. The van der Waals surface area contributed by atoms with E-state index >= 15 is 0 Å². The summed E-state index contributed by atoms with van der Waals surface area (Å²) in [7, 11) is 1.60. The fraction of sp³-hybridized carbons (Fsp3) is 0.400. The van der Waals surface area contributed by atoms with E-state index in [2.05, 4.69) is 20.1 Å². The van der Waals surface area contributed by atoms with Gasteiger partial charge in [-0.1, -0.05) is 28.4 Å². The lowest BCUT2D eigenvalue weighted by molar-refractivity contribution is -0.134. The number of hydrogen-bond donors (Lipinski definition) is 0. The van der Waals surface area contributed by atoms with E-state index in [1.165, 1.54) is 6.39 Å². The van der Waals surface area contributed by atoms with Gasteiger partial charge in [0.2, 0.25) is 18.1 Å². The van der Waals surface area contributed by atoms with E-state index in [0.717, 1.165) is 5.69 Å². The molecule has 11 heteroatoms. The van der Waals surface area contributed by atoms with Gasteiger partial charge in [-0.3, -0.25) is 9.48 Å². The van der Waals surface area contributed by atoms with Gasteiger partial charge in [0, 0.05) is 37.4 Å². The Balaban J connectivity index is 1.45. The van der Waals surface area contributed by atoms with Gasteiger partial charge in [0.1, 0.15) is 12.3 Å². The highest BCUT2D eigenvalue weighted by molar-refractivity contribution is 6.33. The molecule has 0 saturated carbocycles. The van der Waals surface area contributed by atoms with Crippen molar-refractivity contribution < 1.29 is 14.1 Å². The molecule has 1 amide bonds. The second-order valence-corrected chi connectivity index (χ2v) is 8.15. The predicted octanol–water partition coefficient (Wildman–Crippen LogP) is 3.29. The number of nitrogens with zero attached hydrogens (tertiary/aromatic N) is 6. The average molecular weight is 465 g/mol. The molecule has 0 bridgehead atoms. The van der Waals surface area contributed by atoms with Crippen LogP contribution in [-0.4, -0.2) is 63.5 Å². The lowest BCUT2D eigenvalue weighted by atomic mass is 10.1. The van der Waals surface area contributed by atoms with Gasteiger partial charge >= 0.3 is 0 Å². The molecular formula is C20H22Cl2N6O3. The fourth-order valence-electron chi connectivity index (χ4n) is 3.72. The molecule has 0 radical (unpaired) electrons. The Morgan fingerprint density at radius 3 is 2.81 bits per heavy atom. The second kappa shape index (κ2) is 8.76. The van der Waals surface area contributed by atoms with E-state index in [9.17, 15) is 4.79 Å². The highest BCUT2D eigenvalue weighted by atomic mass is 35.5. The molecule has 9 nitrogen and oxygen atoms in total. The predicted molar refractivity (Wildman–Crippen MR) is 117 cm³/mol. The Morgan fingerprint density at radius 1 is 1.32 bits per heavy atom. The number of halogens is 2. The smallest absolute Gasteiger partial charge is 0.244 e. The molecule has 1 fully saturated rings. The third kappa shape index (κ3) is 4.20. The van der Waals surface area contributed by atoms with Gasteiger partial charge in [0.15, 0.2) is 5.69 Å². The first-order chi connectivity index (χ1) is 14.9. The quantitative estimate of drug-likeness (QED) is 0.571. The van der Waals surface area contributed by atoms with Crippen molar-refractivity contribution in [2.45, 2.75) is 26.4 Å². The maximum absolute atomic E-state index is 13.0. The lowest BCUT2D eigenvalue weighted by Crippen LogP contribution is -2.54. The number of piperazine rings is 1. The molecule has 1 aliphatic heterocycles. The number of aromatic nitrogens is 4. The van der Waals surface area contributed by atoms with Crippen LogP contribution in [0, 0.1) is 6.92 Å². The van der Waals surface area contributed by atoms with Crippen molar-refractivity contribution in [3.8, 4) is 17.3 Å².